The molecular formula is C54H42F5Ir4N15-4. The molecule has 15 nitrogen and oxygen atoms in total. The van der Waals surface area contributed by atoms with Crippen LogP contribution in [0.1, 0.15) is 55.5 Å². The van der Waals surface area contributed by atoms with E-state index >= 15 is 0 Å². The molecule has 4 radical (unpaired) electrons. The Hall–Kier alpha value is -6.96. The van der Waals surface area contributed by atoms with Gasteiger partial charge in [-0.25, -0.2) is 19.3 Å². The van der Waals surface area contributed by atoms with Crippen molar-refractivity contribution in [3.05, 3.63) is 216 Å². The maximum Gasteiger partial charge on any atom is 0.394 e. The summed E-state index contributed by atoms with van der Waals surface area (Å²) in [6.45, 7) is 13.0. The van der Waals surface area contributed by atoms with Gasteiger partial charge in [0.1, 0.15) is 5.95 Å². The van der Waals surface area contributed by atoms with E-state index in [1.807, 2.05) is 102 Å². The molecule has 10 rings (SSSR count). The normalized spacial score (nSPS) is 10.1. The van der Waals surface area contributed by atoms with Crippen molar-refractivity contribution in [3.8, 4) is 52.0 Å². The van der Waals surface area contributed by atoms with Gasteiger partial charge >= 0.3 is 12.0 Å². The minimum absolute atomic E-state index is 0. The van der Waals surface area contributed by atoms with Gasteiger partial charge in [-0.3, -0.25) is 34.6 Å². The average molecular weight is 1760 g/mol. The number of aryl methyl sites for hydroxylation is 3. The number of aromatic nitrogens is 13. The van der Waals surface area contributed by atoms with Gasteiger partial charge in [-0.1, -0.05) is 155 Å². The zero-order chi connectivity index (χ0) is 52.5. The standard InChI is InChI=1S/C22H18N3.C12H5F3N5.C11H11FN3.C9H8FN4.4Ir/c1-2-19-14-9-15-21(23-19)25-16-20(17-10-5-3-6-11-17)24-22(25)18-12-7-4-8-13-18;1-17-11-8(6-16)7-20(19-11)10-4-2-3-9(18-10)5-12(13,14)15;1-2-4-9-5-3-6-11(13-9)15-8-7-10(12)14-15;1-2-7-4-3-5-8(12-7)14-6-11-9(10)13-14;;;;/h3-15H,2H2,1H3;2-4H,5H2;3,5-7H,2,4H2,1H3;3-5H,2H2,1H3;;;;/q4*-1;;;;. The van der Waals surface area contributed by atoms with E-state index in [2.05, 4.69) is 91.0 Å². The third-order valence-electron chi connectivity index (χ3n) is 10.2. The third-order valence-corrected chi connectivity index (χ3v) is 10.2. The van der Waals surface area contributed by atoms with Gasteiger partial charge in [-0.05, 0) is 67.1 Å². The van der Waals surface area contributed by atoms with Crippen molar-refractivity contribution in [2.24, 2.45) is 0 Å². The van der Waals surface area contributed by atoms with Crippen LogP contribution in [0.3, 0.4) is 0 Å². The molecule has 0 atom stereocenters. The van der Waals surface area contributed by atoms with Gasteiger partial charge in [0.25, 0.3) is 0 Å². The van der Waals surface area contributed by atoms with Crippen LogP contribution in [0.25, 0.3) is 50.8 Å². The first-order valence-corrected chi connectivity index (χ1v) is 22.8. The van der Waals surface area contributed by atoms with Crippen LogP contribution in [0.2, 0.25) is 0 Å². The predicted octanol–water partition coefficient (Wildman–Crippen LogP) is 10.9. The summed E-state index contributed by atoms with van der Waals surface area (Å²) >= 11 is 0. The van der Waals surface area contributed by atoms with Gasteiger partial charge in [-0.2, -0.15) is 13.2 Å². The summed E-state index contributed by atoms with van der Waals surface area (Å²) in [6.07, 6.45) is 8.28. The Kier molecular flexibility index (Phi) is 26.8. The van der Waals surface area contributed by atoms with Crippen LogP contribution in [0.5, 0.6) is 0 Å². The van der Waals surface area contributed by atoms with Crippen molar-refractivity contribution in [1.82, 2.24) is 63.8 Å². The molecule has 0 bridgehead atoms. The van der Waals surface area contributed by atoms with Crippen molar-refractivity contribution in [2.45, 2.75) is 59.1 Å². The number of hydrogen-bond donors (Lipinski definition) is 0. The molecule has 2 aromatic carbocycles. The van der Waals surface area contributed by atoms with Crippen LogP contribution in [0.4, 0.5) is 27.8 Å². The number of benzene rings is 2. The number of alkyl halides is 3. The van der Waals surface area contributed by atoms with Crippen LogP contribution >= 0.6 is 0 Å². The second kappa shape index (κ2) is 32.1. The summed E-state index contributed by atoms with van der Waals surface area (Å²) in [5.74, 6) is 2.17. The molecule has 0 saturated heterocycles. The Bertz CT molecular complexity index is 3470. The van der Waals surface area contributed by atoms with Crippen LogP contribution in [-0.4, -0.2) is 70.0 Å². The van der Waals surface area contributed by atoms with Gasteiger partial charge in [0.05, 0.1) is 41.1 Å². The molecule has 78 heavy (non-hydrogen) atoms. The first-order chi connectivity index (χ1) is 35.9. The fourth-order valence-corrected chi connectivity index (χ4v) is 6.74. The van der Waals surface area contributed by atoms with E-state index in [-0.39, 0.29) is 103 Å². The van der Waals surface area contributed by atoms with E-state index in [1.165, 1.54) is 33.6 Å². The summed E-state index contributed by atoms with van der Waals surface area (Å²) in [5, 5.41) is 19.6. The van der Waals surface area contributed by atoms with Crippen LogP contribution < -0.4 is 0 Å². The first kappa shape index (κ1) is 65.3. The van der Waals surface area contributed by atoms with Gasteiger partial charge in [0.15, 0.2) is 0 Å². The van der Waals surface area contributed by atoms with E-state index in [0.717, 1.165) is 75.9 Å². The van der Waals surface area contributed by atoms with E-state index in [9.17, 15) is 22.0 Å². The van der Waals surface area contributed by atoms with E-state index < -0.39 is 24.6 Å². The smallest absolute Gasteiger partial charge is 0.394 e. The maximum absolute atomic E-state index is 12.7. The summed E-state index contributed by atoms with van der Waals surface area (Å²) in [6, 6.07) is 44.4. The fourth-order valence-electron chi connectivity index (χ4n) is 6.74. The Morgan fingerprint density at radius 3 is 1.63 bits per heavy atom. The minimum atomic E-state index is -4.36. The van der Waals surface area contributed by atoms with Gasteiger partial charge in [0, 0.05) is 121 Å². The Morgan fingerprint density at radius 1 is 0.590 bits per heavy atom. The molecule has 0 unspecified atom stereocenters. The molecule has 24 heteroatoms. The number of halogens is 5. The molecule has 0 spiro atoms. The molecule has 8 heterocycles. The number of imidazole rings is 1. The monoisotopic (exact) mass is 1770 g/mol. The van der Waals surface area contributed by atoms with E-state index in [0.29, 0.717) is 11.6 Å². The number of rotatable bonds is 11. The minimum Gasteiger partial charge on any atom is -0.404 e. The first-order valence-electron chi connectivity index (χ1n) is 22.8. The largest absolute Gasteiger partial charge is 0.404 e. The summed E-state index contributed by atoms with van der Waals surface area (Å²) in [5.41, 5.74) is 5.62. The van der Waals surface area contributed by atoms with Crippen LogP contribution in [0, 0.1) is 54.8 Å². The zero-order valence-corrected chi connectivity index (χ0v) is 50.8. The summed E-state index contributed by atoms with van der Waals surface area (Å²) in [4.78, 5) is 28.3. The number of nitriles is 1. The van der Waals surface area contributed by atoms with Crippen LogP contribution in [-0.2, 0) is 106 Å². The summed E-state index contributed by atoms with van der Waals surface area (Å²) < 4.78 is 67.5. The van der Waals surface area contributed by atoms with Crippen molar-refractivity contribution < 1.29 is 102 Å². The number of nitrogens with zero attached hydrogens (tertiary/aromatic N) is 15. The van der Waals surface area contributed by atoms with Gasteiger partial charge < -0.3 is 23.8 Å². The zero-order valence-electron chi connectivity index (χ0n) is 41.2. The quantitative estimate of drug-likeness (QED) is 0.0899. The molecule has 0 aliphatic heterocycles. The topological polar surface area (TPSA) is 164 Å². The Balaban J connectivity index is 0.000000276. The molecule has 0 amide bonds. The van der Waals surface area contributed by atoms with Crippen molar-refractivity contribution in [3.63, 3.8) is 0 Å². The fraction of sp³-hybridized carbons (Fsp3) is 0.167. The van der Waals surface area contributed by atoms with Crippen LogP contribution in [0.15, 0.2) is 140 Å². The molecular weight excluding hydrogens is 1720 g/mol. The second-order valence-electron chi connectivity index (χ2n) is 15.5. The predicted molar refractivity (Wildman–Crippen MR) is 263 cm³/mol. The molecule has 0 N–H and O–H groups in total. The molecule has 10 aromatic rings. The Labute approximate surface area is 500 Å². The average Bonchev–Trinajstić information content (AvgIpc) is 4.27. The number of pyridine rings is 4. The maximum atomic E-state index is 12.7. The molecule has 0 aliphatic carbocycles. The SMILES string of the molecule is CCCc1cccc(-n2[c-]cc(F)n2)n1.CCc1cccc(-n2[c-]c(-c3ccccc3)nc2-c2ccccc2)n1.CCc1cccc(-n2[c-]nc(F)n2)n1.[C-]#[N+]c1nn(-c2cccc(CC(F)(F)F)n2)[c-]c1C#N.[Ir].[Ir].[Ir].[Ir]. The van der Waals surface area contributed by atoms with Crippen molar-refractivity contribution in [1.29, 1.82) is 5.26 Å². The molecule has 408 valence electrons. The van der Waals surface area contributed by atoms with Crippen molar-refractivity contribution >= 4 is 5.82 Å². The van der Waals surface area contributed by atoms with E-state index in [4.69, 9.17) is 21.8 Å². The summed E-state index contributed by atoms with van der Waals surface area (Å²) in [7, 11) is 0. The van der Waals surface area contributed by atoms with Crippen molar-refractivity contribution in [2.75, 3.05) is 0 Å². The Morgan fingerprint density at radius 2 is 1.12 bits per heavy atom. The molecule has 0 fully saturated rings. The molecule has 0 saturated carbocycles. The van der Waals surface area contributed by atoms with Gasteiger partial charge in [0.2, 0.25) is 6.08 Å². The van der Waals surface area contributed by atoms with Gasteiger partial charge in [-0.15, -0.1) is 6.07 Å². The molecule has 8 aromatic heterocycles. The van der Waals surface area contributed by atoms with E-state index in [1.54, 1.807) is 18.2 Å². The second-order valence-corrected chi connectivity index (χ2v) is 15.5. The third kappa shape index (κ3) is 18.6. The molecule has 0 aliphatic rings. The number of hydrogen-bond acceptors (Lipinski definition) is 10.